The van der Waals surface area contributed by atoms with Gasteiger partial charge in [0, 0.05) is 39.3 Å². The van der Waals surface area contributed by atoms with E-state index in [1.807, 2.05) is 11.0 Å². The minimum Gasteiger partial charge on any atom is -0.383 e. The smallest absolute Gasteiger partial charge is 0.242 e. The lowest BCUT2D eigenvalue weighted by atomic mass is 10.1. The fraction of sp³-hybridized carbons (Fsp3) is 0.562. The number of methoxy groups -OCH3 is 1. The van der Waals surface area contributed by atoms with Gasteiger partial charge in [0.2, 0.25) is 5.91 Å². The van der Waals surface area contributed by atoms with Gasteiger partial charge in [-0.15, -0.1) is 24.8 Å². The van der Waals surface area contributed by atoms with E-state index in [-0.39, 0.29) is 43.4 Å². The first kappa shape index (κ1) is 22.1. The Morgan fingerprint density at radius 3 is 2.52 bits per heavy atom. The highest BCUT2D eigenvalue weighted by Gasteiger charge is 2.30. The summed E-state index contributed by atoms with van der Waals surface area (Å²) in [5, 5.41) is 0. The number of hydrogen-bond acceptors (Lipinski definition) is 4. The molecule has 0 spiro atoms. The number of carbonyl (C=O) groups is 1. The van der Waals surface area contributed by atoms with Gasteiger partial charge in [-0.2, -0.15) is 0 Å². The van der Waals surface area contributed by atoms with Gasteiger partial charge in [-0.1, -0.05) is 30.3 Å². The Labute approximate surface area is 151 Å². The van der Waals surface area contributed by atoms with Gasteiger partial charge in [-0.05, 0) is 12.5 Å². The second-order valence-electron chi connectivity index (χ2n) is 5.66. The molecule has 2 unspecified atom stereocenters. The first-order valence-corrected chi connectivity index (χ1v) is 7.43. The molecule has 1 aromatic carbocycles. The number of piperazine rings is 1. The van der Waals surface area contributed by atoms with Crippen molar-refractivity contribution >= 4 is 30.7 Å². The van der Waals surface area contributed by atoms with Crippen LogP contribution >= 0.6 is 24.8 Å². The summed E-state index contributed by atoms with van der Waals surface area (Å²) < 4.78 is 4.97. The van der Waals surface area contributed by atoms with Crippen LogP contribution in [0.5, 0.6) is 0 Å². The molecule has 0 aliphatic carbocycles. The molecule has 0 radical (unpaired) electrons. The molecule has 0 bridgehead atoms. The standard InChI is InChI=1S/C16H25N3O2.2ClH/c1-13-10-18(11-14-6-4-3-5-7-14)8-9-19(13)16(20)15(17)12-21-2;;/h3-7,13,15H,8-12,17H2,1-2H3;2*1H. The zero-order valence-corrected chi connectivity index (χ0v) is 15.3. The summed E-state index contributed by atoms with van der Waals surface area (Å²) in [6, 6.07) is 10.0. The first-order chi connectivity index (χ1) is 10.1. The van der Waals surface area contributed by atoms with E-state index in [1.165, 1.54) is 5.56 Å². The third-order valence-corrected chi connectivity index (χ3v) is 3.91. The Morgan fingerprint density at radius 1 is 1.30 bits per heavy atom. The summed E-state index contributed by atoms with van der Waals surface area (Å²) in [6.07, 6.45) is 0. The van der Waals surface area contributed by atoms with Crippen LogP contribution in [0.25, 0.3) is 0 Å². The van der Waals surface area contributed by atoms with Crippen LogP contribution in [0.4, 0.5) is 0 Å². The van der Waals surface area contributed by atoms with Crippen LogP contribution in [0.2, 0.25) is 0 Å². The predicted molar refractivity (Wildman–Crippen MR) is 97.2 cm³/mol. The van der Waals surface area contributed by atoms with Crippen LogP contribution in [-0.2, 0) is 16.1 Å². The fourth-order valence-electron chi connectivity index (χ4n) is 2.81. The van der Waals surface area contributed by atoms with Gasteiger partial charge in [-0.25, -0.2) is 0 Å². The predicted octanol–water partition coefficient (Wildman–Crippen LogP) is 1.54. The lowest BCUT2D eigenvalue weighted by Gasteiger charge is -2.40. The Hall–Kier alpha value is -0.850. The van der Waals surface area contributed by atoms with Crippen molar-refractivity contribution in [3.8, 4) is 0 Å². The average molecular weight is 364 g/mol. The van der Waals surface area contributed by atoms with E-state index in [1.54, 1.807) is 7.11 Å². The average Bonchev–Trinajstić information content (AvgIpc) is 2.48. The molecule has 2 atom stereocenters. The van der Waals surface area contributed by atoms with E-state index < -0.39 is 6.04 Å². The number of carbonyl (C=O) groups excluding carboxylic acids is 1. The van der Waals surface area contributed by atoms with Gasteiger partial charge in [0.1, 0.15) is 6.04 Å². The molecule has 1 heterocycles. The molecule has 1 aromatic rings. The van der Waals surface area contributed by atoms with Crippen molar-refractivity contribution in [1.29, 1.82) is 0 Å². The molecule has 2 N–H and O–H groups in total. The summed E-state index contributed by atoms with van der Waals surface area (Å²) in [4.78, 5) is 16.5. The number of hydrogen-bond donors (Lipinski definition) is 1. The Morgan fingerprint density at radius 2 is 1.96 bits per heavy atom. The van der Waals surface area contributed by atoms with Crippen molar-refractivity contribution in [1.82, 2.24) is 9.80 Å². The van der Waals surface area contributed by atoms with E-state index in [0.29, 0.717) is 0 Å². The molecule has 2 rings (SSSR count). The lowest BCUT2D eigenvalue weighted by molar-refractivity contribution is -0.138. The maximum atomic E-state index is 12.3. The topological polar surface area (TPSA) is 58.8 Å². The van der Waals surface area contributed by atoms with Crippen LogP contribution in [-0.4, -0.2) is 61.1 Å². The summed E-state index contributed by atoms with van der Waals surface area (Å²) >= 11 is 0. The van der Waals surface area contributed by atoms with Gasteiger partial charge in [0.15, 0.2) is 0 Å². The van der Waals surface area contributed by atoms with Gasteiger partial charge < -0.3 is 15.4 Å². The molecule has 0 saturated carbocycles. The minimum absolute atomic E-state index is 0. The lowest BCUT2D eigenvalue weighted by Crippen LogP contribution is -2.58. The zero-order chi connectivity index (χ0) is 15.2. The molecular weight excluding hydrogens is 337 g/mol. The molecule has 1 fully saturated rings. The number of nitrogens with zero attached hydrogens (tertiary/aromatic N) is 2. The molecule has 23 heavy (non-hydrogen) atoms. The summed E-state index contributed by atoms with van der Waals surface area (Å²) in [6.45, 7) is 5.76. The number of ether oxygens (including phenoxy) is 1. The normalized spacial score (nSPS) is 19.4. The van der Waals surface area contributed by atoms with Crippen LogP contribution in [0.1, 0.15) is 12.5 Å². The highest BCUT2D eigenvalue weighted by molar-refractivity contribution is 5.85. The van der Waals surface area contributed by atoms with Gasteiger partial charge in [-0.3, -0.25) is 9.69 Å². The van der Waals surface area contributed by atoms with Crippen molar-refractivity contribution in [2.75, 3.05) is 33.4 Å². The van der Waals surface area contributed by atoms with Gasteiger partial charge >= 0.3 is 0 Å². The van der Waals surface area contributed by atoms with Crippen molar-refractivity contribution < 1.29 is 9.53 Å². The number of amides is 1. The van der Waals surface area contributed by atoms with Crippen molar-refractivity contribution in [3.05, 3.63) is 35.9 Å². The highest BCUT2D eigenvalue weighted by atomic mass is 35.5. The number of nitrogens with two attached hydrogens (primary N) is 1. The van der Waals surface area contributed by atoms with Gasteiger partial charge in [0.25, 0.3) is 0 Å². The summed E-state index contributed by atoms with van der Waals surface area (Å²) in [7, 11) is 1.56. The quantitative estimate of drug-likeness (QED) is 0.861. The van der Waals surface area contributed by atoms with E-state index in [2.05, 4.69) is 36.1 Å². The Kier molecular flexibility index (Phi) is 10.4. The summed E-state index contributed by atoms with van der Waals surface area (Å²) in [5.41, 5.74) is 7.16. The summed E-state index contributed by atoms with van der Waals surface area (Å²) in [5.74, 6) is -0.0105. The number of benzene rings is 1. The SMILES string of the molecule is COCC(N)C(=O)N1CCN(Cc2ccccc2)CC1C.Cl.Cl. The Bertz CT molecular complexity index is 462. The van der Waals surface area contributed by atoms with Crippen molar-refractivity contribution in [2.24, 2.45) is 5.73 Å². The molecular formula is C16H27Cl2N3O2. The molecule has 1 saturated heterocycles. The zero-order valence-electron chi connectivity index (χ0n) is 13.7. The Balaban J connectivity index is 0.00000242. The van der Waals surface area contributed by atoms with Crippen molar-refractivity contribution in [3.63, 3.8) is 0 Å². The molecule has 1 amide bonds. The first-order valence-electron chi connectivity index (χ1n) is 7.43. The number of rotatable bonds is 5. The molecule has 132 valence electrons. The highest BCUT2D eigenvalue weighted by Crippen LogP contribution is 2.14. The van der Waals surface area contributed by atoms with Crippen LogP contribution < -0.4 is 5.73 Å². The molecule has 1 aliphatic heterocycles. The van der Waals surface area contributed by atoms with E-state index >= 15 is 0 Å². The van der Waals surface area contributed by atoms with Crippen LogP contribution in [0.15, 0.2) is 30.3 Å². The molecule has 1 aliphatic rings. The van der Waals surface area contributed by atoms with Gasteiger partial charge in [0.05, 0.1) is 6.61 Å². The van der Waals surface area contributed by atoms with E-state index in [4.69, 9.17) is 10.5 Å². The van der Waals surface area contributed by atoms with Crippen LogP contribution in [0.3, 0.4) is 0 Å². The fourth-order valence-corrected chi connectivity index (χ4v) is 2.81. The molecule has 7 heteroatoms. The third-order valence-electron chi connectivity index (χ3n) is 3.91. The second-order valence-corrected chi connectivity index (χ2v) is 5.66. The maximum absolute atomic E-state index is 12.3. The van der Waals surface area contributed by atoms with E-state index in [9.17, 15) is 4.79 Å². The monoisotopic (exact) mass is 363 g/mol. The third kappa shape index (κ3) is 6.28. The molecule has 0 aromatic heterocycles. The van der Waals surface area contributed by atoms with E-state index in [0.717, 1.165) is 26.2 Å². The number of halogens is 2. The maximum Gasteiger partial charge on any atom is 0.242 e. The van der Waals surface area contributed by atoms with Crippen molar-refractivity contribution in [2.45, 2.75) is 25.6 Å². The largest absolute Gasteiger partial charge is 0.383 e. The minimum atomic E-state index is -0.557. The molecule has 5 nitrogen and oxygen atoms in total. The van der Waals surface area contributed by atoms with Crippen LogP contribution in [0, 0.1) is 0 Å². The second kappa shape index (κ2) is 10.8.